The fourth-order valence-corrected chi connectivity index (χ4v) is 3.24. The number of nitrogens with zero attached hydrogens (tertiary/aromatic N) is 4. The number of halogens is 1. The van der Waals surface area contributed by atoms with E-state index in [9.17, 15) is 4.79 Å². The molecule has 3 heterocycles. The molecular weight excluding hydrogens is 437 g/mol. The van der Waals surface area contributed by atoms with Gasteiger partial charge in [0, 0.05) is 11.6 Å². The molecule has 9 heteroatoms. The van der Waals surface area contributed by atoms with Crippen molar-refractivity contribution < 1.29 is 13.7 Å². The largest absolute Gasteiger partial charge is 0.442 e. The number of hydrogen-bond acceptors (Lipinski definition) is 7. The van der Waals surface area contributed by atoms with E-state index in [1.807, 2.05) is 22.9 Å². The van der Waals surface area contributed by atoms with Gasteiger partial charge in [-0.05, 0) is 26.7 Å². The third-order valence-corrected chi connectivity index (χ3v) is 5.09. The van der Waals surface area contributed by atoms with E-state index in [0.29, 0.717) is 40.5 Å². The topological polar surface area (TPSA) is 97.3 Å². The van der Waals surface area contributed by atoms with Crippen LogP contribution in [0, 0.1) is 6.92 Å². The molecule has 0 saturated heterocycles. The van der Waals surface area contributed by atoms with Gasteiger partial charge in [0.15, 0.2) is 0 Å². The van der Waals surface area contributed by atoms with E-state index in [-0.39, 0.29) is 11.4 Å². The van der Waals surface area contributed by atoms with E-state index in [2.05, 4.69) is 27.4 Å². The van der Waals surface area contributed by atoms with Crippen LogP contribution in [0.5, 0.6) is 0 Å². The summed E-state index contributed by atoms with van der Waals surface area (Å²) in [5.74, 6) is 0.974. The van der Waals surface area contributed by atoms with Crippen molar-refractivity contribution in [1.82, 2.24) is 18.2 Å². The number of nitrogens with one attached hydrogen (secondary N) is 1. The summed E-state index contributed by atoms with van der Waals surface area (Å²) in [7, 11) is 0. The summed E-state index contributed by atoms with van der Waals surface area (Å²) in [5, 5.41) is 7.89. The number of fused-ring (bicyclic) bond motifs is 1. The molecule has 3 aromatic heterocycles. The highest BCUT2D eigenvalue weighted by Crippen LogP contribution is 2.40. The number of rotatable bonds is 5. The number of hydrogen-bond donors (Lipinski definition) is 1. The second-order valence-electron chi connectivity index (χ2n) is 6.44. The predicted molar refractivity (Wildman–Crippen MR) is 98.2 cm³/mol. The van der Waals surface area contributed by atoms with E-state index in [4.69, 9.17) is 8.94 Å². The minimum absolute atomic E-state index is 0.0253. The Morgan fingerprint density at radius 3 is 2.92 bits per heavy atom. The van der Waals surface area contributed by atoms with Crippen LogP contribution in [0.4, 0.5) is 5.82 Å². The van der Waals surface area contributed by atoms with Gasteiger partial charge < -0.3 is 14.3 Å². The molecule has 8 nitrogen and oxygen atoms in total. The van der Waals surface area contributed by atoms with Crippen LogP contribution in [0.25, 0.3) is 11.1 Å². The van der Waals surface area contributed by atoms with Crippen LogP contribution in [0.1, 0.15) is 41.6 Å². The van der Waals surface area contributed by atoms with E-state index >= 15 is 0 Å². The van der Waals surface area contributed by atoms with Crippen molar-refractivity contribution >= 4 is 45.7 Å². The average molecular weight is 453 g/mol. The molecule has 0 radical (unpaired) electrons. The molecule has 0 aliphatic heterocycles. The number of aromatic nitrogens is 3. The highest BCUT2D eigenvalue weighted by atomic mass is 127. The third-order valence-electron chi connectivity index (χ3n) is 4.31. The van der Waals surface area contributed by atoms with Crippen molar-refractivity contribution in [1.29, 1.82) is 0 Å². The smallest absolute Gasteiger partial charge is 0.267 e. The molecular formula is C16H16IN5O3. The molecule has 1 N–H and O–H groups in total. The van der Waals surface area contributed by atoms with Crippen LogP contribution in [0.15, 0.2) is 27.6 Å². The summed E-state index contributed by atoms with van der Waals surface area (Å²) in [6.07, 6.45) is 5.08. The van der Waals surface area contributed by atoms with Crippen molar-refractivity contribution in [2.24, 2.45) is 0 Å². The highest BCUT2D eigenvalue weighted by Gasteiger charge is 2.38. The Bertz CT molecular complexity index is 933. The van der Waals surface area contributed by atoms with Crippen LogP contribution >= 0.6 is 22.9 Å². The Morgan fingerprint density at radius 2 is 2.24 bits per heavy atom. The maximum Gasteiger partial charge on any atom is 0.267 e. The van der Waals surface area contributed by atoms with Gasteiger partial charge in [-0.25, -0.2) is 9.97 Å². The van der Waals surface area contributed by atoms with Gasteiger partial charge in [-0.1, -0.05) is 5.16 Å². The molecule has 0 atom stereocenters. The standard InChI is InChI=1S/C16H16IN5O3/c1-9-11(15(23)22(17)7-10-3-6-24-21-10)12-13(20-16(2)4-5-16)18-8-19-14(12)25-9/h3,6,8H,4-5,7H2,1-2H3,(H,18,19,20). The molecule has 1 aliphatic carbocycles. The molecule has 1 amide bonds. The van der Waals surface area contributed by atoms with Gasteiger partial charge in [-0.2, -0.15) is 0 Å². The molecule has 0 unspecified atom stereocenters. The number of carbonyl (C=O) groups excluding carboxylic acids is 1. The van der Waals surface area contributed by atoms with Gasteiger partial charge in [-0.15, -0.1) is 0 Å². The lowest BCUT2D eigenvalue weighted by atomic mass is 10.1. The number of anilines is 1. The number of carbonyl (C=O) groups is 1. The van der Waals surface area contributed by atoms with Crippen LogP contribution in [-0.4, -0.2) is 29.7 Å². The van der Waals surface area contributed by atoms with Gasteiger partial charge in [0.05, 0.1) is 40.4 Å². The Balaban J connectivity index is 1.72. The van der Waals surface area contributed by atoms with Gasteiger partial charge >= 0.3 is 0 Å². The van der Waals surface area contributed by atoms with Crippen LogP contribution in [0.3, 0.4) is 0 Å². The van der Waals surface area contributed by atoms with E-state index in [1.54, 1.807) is 16.1 Å². The molecule has 1 saturated carbocycles. The van der Waals surface area contributed by atoms with Crippen LogP contribution in [-0.2, 0) is 6.54 Å². The summed E-state index contributed by atoms with van der Waals surface area (Å²) < 4.78 is 12.1. The van der Waals surface area contributed by atoms with E-state index in [0.717, 1.165) is 12.8 Å². The minimum Gasteiger partial charge on any atom is -0.442 e. The number of aryl methyl sites for hydroxylation is 1. The monoisotopic (exact) mass is 453 g/mol. The number of furan rings is 1. The van der Waals surface area contributed by atoms with Crippen molar-refractivity contribution in [3.63, 3.8) is 0 Å². The second-order valence-corrected chi connectivity index (χ2v) is 7.60. The Kier molecular flexibility index (Phi) is 3.89. The van der Waals surface area contributed by atoms with E-state index in [1.165, 1.54) is 12.6 Å². The zero-order chi connectivity index (χ0) is 17.6. The first kappa shape index (κ1) is 16.3. The first-order valence-electron chi connectivity index (χ1n) is 7.86. The fourth-order valence-electron chi connectivity index (χ4n) is 2.65. The Labute approximate surface area is 157 Å². The van der Waals surface area contributed by atoms with Crippen LogP contribution < -0.4 is 5.32 Å². The fraction of sp³-hybridized carbons (Fsp3) is 0.375. The lowest BCUT2D eigenvalue weighted by molar-refractivity contribution is 0.0881. The quantitative estimate of drug-likeness (QED) is 0.467. The van der Waals surface area contributed by atoms with Crippen molar-refractivity contribution in [2.45, 2.75) is 38.8 Å². The van der Waals surface area contributed by atoms with Gasteiger partial charge in [0.25, 0.3) is 5.91 Å². The zero-order valence-electron chi connectivity index (χ0n) is 13.7. The molecule has 0 bridgehead atoms. The summed E-state index contributed by atoms with van der Waals surface area (Å²) in [5.41, 5.74) is 1.58. The van der Waals surface area contributed by atoms with Crippen molar-refractivity contribution in [2.75, 3.05) is 5.32 Å². The molecule has 3 aromatic rings. The first-order chi connectivity index (χ1) is 12.0. The highest BCUT2D eigenvalue weighted by molar-refractivity contribution is 14.1. The Morgan fingerprint density at radius 1 is 1.44 bits per heavy atom. The molecule has 0 spiro atoms. The molecule has 1 fully saturated rings. The minimum atomic E-state index is -0.182. The molecule has 130 valence electrons. The Hall–Kier alpha value is -2.17. The second kappa shape index (κ2) is 5.97. The maximum atomic E-state index is 13.0. The van der Waals surface area contributed by atoms with Crippen molar-refractivity contribution in [3.8, 4) is 0 Å². The van der Waals surface area contributed by atoms with E-state index < -0.39 is 0 Å². The maximum absolute atomic E-state index is 13.0. The number of amides is 1. The summed E-state index contributed by atoms with van der Waals surface area (Å²) >= 11 is 1.97. The van der Waals surface area contributed by atoms with Crippen LogP contribution in [0.2, 0.25) is 0 Å². The summed E-state index contributed by atoms with van der Waals surface area (Å²) in [4.78, 5) is 21.5. The molecule has 4 rings (SSSR count). The first-order valence-corrected chi connectivity index (χ1v) is 8.82. The summed E-state index contributed by atoms with van der Waals surface area (Å²) in [6, 6.07) is 1.73. The molecule has 25 heavy (non-hydrogen) atoms. The lowest BCUT2D eigenvalue weighted by Crippen LogP contribution is -2.22. The van der Waals surface area contributed by atoms with Gasteiger partial charge in [0.1, 0.15) is 29.9 Å². The van der Waals surface area contributed by atoms with Crippen molar-refractivity contribution in [3.05, 3.63) is 35.7 Å². The molecule has 1 aliphatic rings. The van der Waals surface area contributed by atoms with Gasteiger partial charge in [0.2, 0.25) is 5.71 Å². The average Bonchev–Trinajstić information content (AvgIpc) is 2.98. The normalized spacial score (nSPS) is 15.3. The van der Waals surface area contributed by atoms with Gasteiger partial charge in [-0.3, -0.25) is 7.91 Å². The SMILES string of the molecule is Cc1oc2ncnc(NC3(C)CC3)c2c1C(=O)N(I)Cc1ccon1. The summed E-state index contributed by atoms with van der Waals surface area (Å²) in [6.45, 7) is 4.22. The lowest BCUT2D eigenvalue weighted by Gasteiger charge is -2.15. The zero-order valence-corrected chi connectivity index (χ0v) is 15.9. The molecule has 0 aromatic carbocycles. The predicted octanol–water partition coefficient (Wildman–Crippen LogP) is 3.48. The third kappa shape index (κ3) is 3.08.